The lowest BCUT2D eigenvalue weighted by Gasteiger charge is -2.13. The number of fused-ring (bicyclic) bond motifs is 1. The van der Waals surface area contributed by atoms with Gasteiger partial charge in [0.25, 0.3) is 0 Å². The number of hydrogen-bond acceptors (Lipinski definition) is 4. The fourth-order valence-electron chi connectivity index (χ4n) is 1.93. The van der Waals surface area contributed by atoms with Crippen molar-refractivity contribution in [1.82, 2.24) is 0 Å². The summed E-state index contributed by atoms with van der Waals surface area (Å²) in [6.07, 6.45) is 0. The molecule has 0 spiro atoms. The molecule has 0 radical (unpaired) electrons. The van der Waals surface area contributed by atoms with Crippen LogP contribution in [-0.2, 0) is 0 Å². The van der Waals surface area contributed by atoms with Crippen molar-refractivity contribution in [3.05, 3.63) is 78.1 Å². The maximum Gasteiger partial charge on any atom is 0.540 e. The van der Waals surface area contributed by atoms with Gasteiger partial charge in [0.05, 0.1) is 9.81 Å². The molecule has 0 saturated carbocycles. The number of Topliss-reactive ketones (excluding diaryl/α,β-unsaturated/α-hetero) is 2. The molecule has 0 fully saturated rings. The van der Waals surface area contributed by atoms with Crippen molar-refractivity contribution in [2.24, 2.45) is 0 Å². The second-order valence-corrected chi connectivity index (χ2v) is 6.20. The lowest BCUT2D eigenvalue weighted by atomic mass is 9.94. The molecule has 0 amide bonds. The van der Waals surface area contributed by atoms with Gasteiger partial charge in [-0.3, -0.25) is 9.59 Å². The standard InChI is InChI=1S/C14H4N2O2S2.C2H6/c1-15-13(16-2)14-19-11-9(17)7-5-3-4-6-8(7)10(18)12(11)20-14;1-2/h3-6H;1-2H3. The van der Waals surface area contributed by atoms with Crippen molar-refractivity contribution in [3.8, 4) is 0 Å². The van der Waals surface area contributed by atoms with Gasteiger partial charge < -0.3 is 0 Å². The van der Waals surface area contributed by atoms with Crippen molar-refractivity contribution in [3.63, 3.8) is 0 Å². The molecule has 0 bridgehead atoms. The molecule has 1 heterocycles. The summed E-state index contributed by atoms with van der Waals surface area (Å²) in [7, 11) is 0. The van der Waals surface area contributed by atoms with Crippen LogP contribution in [0.5, 0.6) is 0 Å². The molecule has 0 atom stereocenters. The van der Waals surface area contributed by atoms with Gasteiger partial charge in [-0.15, -0.1) is 0 Å². The summed E-state index contributed by atoms with van der Waals surface area (Å²) >= 11 is 2.10. The van der Waals surface area contributed by atoms with Gasteiger partial charge in [-0.2, -0.15) is 9.69 Å². The molecule has 3 rings (SSSR count). The Labute approximate surface area is 136 Å². The van der Waals surface area contributed by atoms with Gasteiger partial charge in [0.1, 0.15) is 17.4 Å². The number of benzene rings is 1. The second-order valence-electron chi connectivity index (χ2n) is 3.90. The minimum Gasteiger partial charge on any atom is -0.288 e. The van der Waals surface area contributed by atoms with Crippen LogP contribution in [0.3, 0.4) is 0 Å². The van der Waals surface area contributed by atoms with Crippen LogP contribution in [0, 0.1) is 13.1 Å². The highest BCUT2D eigenvalue weighted by Crippen LogP contribution is 2.54. The molecule has 0 unspecified atom stereocenters. The van der Waals surface area contributed by atoms with Crippen LogP contribution in [0.1, 0.15) is 34.6 Å². The summed E-state index contributed by atoms with van der Waals surface area (Å²) in [5.41, 5.74) is 0.774. The van der Waals surface area contributed by atoms with Gasteiger partial charge in [-0.25, -0.2) is 0 Å². The van der Waals surface area contributed by atoms with E-state index in [2.05, 4.69) is 9.69 Å². The minimum absolute atomic E-state index is 0.0981. The van der Waals surface area contributed by atoms with Crippen molar-refractivity contribution in [2.45, 2.75) is 13.8 Å². The largest absolute Gasteiger partial charge is 0.540 e. The van der Waals surface area contributed by atoms with Crippen LogP contribution in [0.4, 0.5) is 0 Å². The fraction of sp³-hybridized carbons (Fsp3) is 0.125. The van der Waals surface area contributed by atoms with Crippen molar-refractivity contribution < 1.29 is 9.59 Å². The number of hydrogen-bond donors (Lipinski definition) is 0. The third kappa shape index (κ3) is 2.48. The molecule has 1 aromatic rings. The smallest absolute Gasteiger partial charge is 0.288 e. The molecule has 6 heteroatoms. The first-order valence-corrected chi connectivity index (χ1v) is 8.08. The Balaban J connectivity index is 0.000000847. The van der Waals surface area contributed by atoms with E-state index in [0.717, 1.165) is 23.5 Å². The molecule has 22 heavy (non-hydrogen) atoms. The number of nitrogens with zero attached hydrogens (tertiary/aromatic N) is 2. The third-order valence-electron chi connectivity index (χ3n) is 2.82. The van der Waals surface area contributed by atoms with Crippen LogP contribution in [0.2, 0.25) is 0 Å². The molecule has 4 nitrogen and oxygen atoms in total. The summed E-state index contributed by atoms with van der Waals surface area (Å²) in [5, 5.41) is 0. The quantitative estimate of drug-likeness (QED) is 0.645. The minimum atomic E-state index is -0.211. The maximum atomic E-state index is 12.4. The Morgan fingerprint density at radius 1 is 0.909 bits per heavy atom. The predicted molar refractivity (Wildman–Crippen MR) is 88.9 cm³/mol. The van der Waals surface area contributed by atoms with Crippen LogP contribution < -0.4 is 0 Å². The number of allylic oxidation sites excluding steroid dienone is 2. The second kappa shape index (κ2) is 6.65. The van der Waals surface area contributed by atoms with E-state index in [9.17, 15) is 9.59 Å². The molecular formula is C16H10N2O2S2. The van der Waals surface area contributed by atoms with E-state index in [4.69, 9.17) is 13.1 Å². The third-order valence-corrected chi connectivity index (χ3v) is 5.37. The van der Waals surface area contributed by atoms with E-state index in [1.165, 1.54) is 0 Å². The number of carbonyl (C=O) groups excluding carboxylic acids is 2. The lowest BCUT2D eigenvalue weighted by Crippen LogP contribution is -2.17. The highest BCUT2D eigenvalue weighted by atomic mass is 32.2. The van der Waals surface area contributed by atoms with Gasteiger partial charge in [0.2, 0.25) is 11.6 Å². The molecule has 1 aromatic carbocycles. The highest BCUT2D eigenvalue weighted by molar-refractivity contribution is 8.29. The Kier molecular flexibility index (Phi) is 4.87. The normalized spacial score (nSPS) is 15.2. The molecule has 2 aliphatic rings. The van der Waals surface area contributed by atoms with Gasteiger partial charge in [0, 0.05) is 11.1 Å². The van der Waals surface area contributed by atoms with E-state index >= 15 is 0 Å². The zero-order valence-corrected chi connectivity index (χ0v) is 13.5. The van der Waals surface area contributed by atoms with E-state index < -0.39 is 0 Å². The summed E-state index contributed by atoms with van der Waals surface area (Å²) in [5.74, 6) is -0.520. The van der Waals surface area contributed by atoms with E-state index in [-0.39, 0.29) is 17.4 Å². The van der Waals surface area contributed by atoms with E-state index in [1.807, 2.05) is 13.8 Å². The first kappa shape index (κ1) is 16.1. The molecule has 108 valence electrons. The molecule has 1 aliphatic heterocycles. The summed E-state index contributed by atoms with van der Waals surface area (Å²) in [6, 6.07) is 6.67. The first-order chi connectivity index (χ1) is 10.7. The molecule has 0 aromatic heterocycles. The number of rotatable bonds is 0. The van der Waals surface area contributed by atoms with E-state index in [0.29, 0.717) is 25.2 Å². The monoisotopic (exact) mass is 326 g/mol. The van der Waals surface area contributed by atoms with Crippen LogP contribution in [0.15, 0.2) is 44.1 Å². The average molecular weight is 326 g/mol. The lowest BCUT2D eigenvalue weighted by molar-refractivity contribution is 0.0988. The SMILES string of the molecule is CC.[C-]#[N+]C([N+]#[C-])=C1SC2=C(S1)C(=O)c1ccccc1C2=O. The number of ketones is 2. The summed E-state index contributed by atoms with van der Waals surface area (Å²) < 4.78 is 0.412. The predicted octanol–water partition coefficient (Wildman–Crippen LogP) is 4.75. The Morgan fingerprint density at radius 3 is 1.68 bits per heavy atom. The average Bonchev–Trinajstić information content (AvgIpc) is 3.01. The fourth-order valence-corrected chi connectivity index (χ4v) is 4.36. The van der Waals surface area contributed by atoms with Gasteiger partial charge in [-0.05, 0) is 0 Å². The number of carbonyl (C=O) groups is 2. The zero-order chi connectivity index (χ0) is 16.3. The van der Waals surface area contributed by atoms with Gasteiger partial charge >= 0.3 is 5.82 Å². The van der Waals surface area contributed by atoms with Crippen molar-refractivity contribution >= 4 is 35.1 Å². The maximum absolute atomic E-state index is 12.4. The number of thioether (sulfide) groups is 2. The Morgan fingerprint density at radius 2 is 1.32 bits per heavy atom. The van der Waals surface area contributed by atoms with Crippen LogP contribution >= 0.6 is 23.5 Å². The Hall–Kier alpha value is -2.28. The van der Waals surface area contributed by atoms with Crippen LogP contribution in [-0.4, -0.2) is 11.6 Å². The summed E-state index contributed by atoms with van der Waals surface area (Å²) in [4.78, 5) is 31.7. The van der Waals surface area contributed by atoms with E-state index in [1.54, 1.807) is 24.3 Å². The molecule has 1 aliphatic carbocycles. The van der Waals surface area contributed by atoms with Crippen molar-refractivity contribution in [1.29, 1.82) is 0 Å². The van der Waals surface area contributed by atoms with Crippen molar-refractivity contribution in [2.75, 3.05) is 0 Å². The highest BCUT2D eigenvalue weighted by Gasteiger charge is 2.40. The summed E-state index contributed by atoms with van der Waals surface area (Å²) in [6.45, 7) is 17.9. The first-order valence-electron chi connectivity index (χ1n) is 6.45. The molecular weight excluding hydrogens is 316 g/mol. The molecule has 0 saturated heterocycles. The van der Waals surface area contributed by atoms with Gasteiger partial charge in [0.15, 0.2) is 0 Å². The molecule has 0 N–H and O–H groups in total. The Bertz CT molecular complexity index is 758. The van der Waals surface area contributed by atoms with Gasteiger partial charge in [-0.1, -0.05) is 61.6 Å². The van der Waals surface area contributed by atoms with Crippen LogP contribution in [0.25, 0.3) is 9.69 Å². The zero-order valence-electron chi connectivity index (χ0n) is 11.8. The topological polar surface area (TPSA) is 42.9 Å².